The first-order valence-electron chi connectivity index (χ1n) is 9.84. The lowest BCUT2D eigenvalue weighted by Crippen LogP contribution is -2.41. The molecule has 0 spiro atoms. The van der Waals surface area contributed by atoms with E-state index in [0.717, 1.165) is 19.1 Å². The van der Waals surface area contributed by atoms with Gasteiger partial charge < -0.3 is 9.88 Å². The molecule has 1 saturated heterocycles. The van der Waals surface area contributed by atoms with Gasteiger partial charge in [-0.25, -0.2) is 17.8 Å². The average molecular weight is 434 g/mol. The van der Waals surface area contributed by atoms with Crippen molar-refractivity contribution >= 4 is 15.9 Å². The summed E-state index contributed by atoms with van der Waals surface area (Å²) in [7, 11) is -3.38. The lowest BCUT2D eigenvalue weighted by molar-refractivity contribution is 0.0704. The smallest absolute Gasteiger partial charge is 0.255 e. The highest BCUT2D eigenvalue weighted by Crippen LogP contribution is 2.26. The molecule has 0 radical (unpaired) electrons. The van der Waals surface area contributed by atoms with E-state index in [9.17, 15) is 22.4 Å². The highest BCUT2D eigenvalue weighted by atomic mass is 32.2. The molecule has 10 heteroatoms. The molecule has 2 aliphatic rings. The first kappa shape index (κ1) is 20.7. The van der Waals surface area contributed by atoms with Crippen LogP contribution < -0.4 is 5.56 Å². The van der Waals surface area contributed by atoms with Crippen LogP contribution in [0.4, 0.5) is 4.39 Å². The molecule has 1 fully saturated rings. The number of hydrogen-bond acceptors (Lipinski definition) is 5. The van der Waals surface area contributed by atoms with E-state index in [4.69, 9.17) is 0 Å². The Bertz CT molecular complexity index is 1130. The van der Waals surface area contributed by atoms with Crippen LogP contribution in [0.15, 0.2) is 29.1 Å². The van der Waals surface area contributed by atoms with E-state index in [-0.39, 0.29) is 23.9 Å². The van der Waals surface area contributed by atoms with Crippen LogP contribution in [0, 0.1) is 5.82 Å². The Hall–Kier alpha value is -2.59. The normalized spacial score (nSPS) is 20.1. The lowest BCUT2D eigenvalue weighted by atomic mass is 9.96. The lowest BCUT2D eigenvalue weighted by Gasteiger charge is -2.33. The molecule has 8 nitrogen and oxygen atoms in total. The van der Waals surface area contributed by atoms with E-state index in [1.54, 1.807) is 4.90 Å². The molecule has 0 bridgehead atoms. The minimum atomic E-state index is -3.38. The summed E-state index contributed by atoms with van der Waals surface area (Å²) in [6.45, 7) is 1.32. The van der Waals surface area contributed by atoms with Crippen molar-refractivity contribution in [1.82, 2.24) is 19.2 Å². The molecule has 0 aliphatic carbocycles. The fraction of sp³-hybridized carbons (Fsp3) is 0.450. The summed E-state index contributed by atoms with van der Waals surface area (Å²) in [5.74, 6) is -0.158. The second-order valence-electron chi connectivity index (χ2n) is 7.82. The van der Waals surface area contributed by atoms with Gasteiger partial charge in [0.1, 0.15) is 11.6 Å². The number of halogens is 1. The van der Waals surface area contributed by atoms with Gasteiger partial charge in [-0.15, -0.1) is 0 Å². The maximum absolute atomic E-state index is 13.1. The second kappa shape index (κ2) is 7.92. The number of rotatable bonds is 3. The van der Waals surface area contributed by atoms with Crippen molar-refractivity contribution in [3.05, 3.63) is 63.1 Å². The number of piperidine rings is 1. The molecule has 0 saturated carbocycles. The highest BCUT2D eigenvalue weighted by molar-refractivity contribution is 7.88. The predicted octanol–water partition coefficient (Wildman–Crippen LogP) is 1.25. The molecule has 1 N–H and O–H groups in total. The van der Waals surface area contributed by atoms with Gasteiger partial charge in [0, 0.05) is 44.1 Å². The maximum atomic E-state index is 13.1. The van der Waals surface area contributed by atoms with Gasteiger partial charge in [-0.1, -0.05) is 0 Å². The molecule has 1 atom stereocenters. The first-order chi connectivity index (χ1) is 14.2. The van der Waals surface area contributed by atoms with Crippen LogP contribution in [0.3, 0.4) is 0 Å². The van der Waals surface area contributed by atoms with E-state index in [0.29, 0.717) is 48.7 Å². The van der Waals surface area contributed by atoms with Crippen molar-refractivity contribution in [3.8, 4) is 0 Å². The van der Waals surface area contributed by atoms with Crippen molar-refractivity contribution < 1.29 is 17.6 Å². The van der Waals surface area contributed by atoms with Crippen LogP contribution in [-0.2, 0) is 23.0 Å². The maximum Gasteiger partial charge on any atom is 0.255 e. The van der Waals surface area contributed by atoms with E-state index in [1.807, 2.05) is 0 Å². The summed E-state index contributed by atoms with van der Waals surface area (Å²) in [5, 5.41) is 0. The zero-order chi connectivity index (χ0) is 21.5. The third-order valence-electron chi connectivity index (χ3n) is 5.71. The van der Waals surface area contributed by atoms with E-state index in [2.05, 4.69) is 9.97 Å². The number of aromatic amines is 1. The molecule has 0 unspecified atom stereocenters. The van der Waals surface area contributed by atoms with Gasteiger partial charge in [0.25, 0.3) is 11.5 Å². The Balaban J connectivity index is 1.54. The van der Waals surface area contributed by atoms with Crippen molar-refractivity contribution in [2.45, 2.75) is 31.7 Å². The fourth-order valence-electron chi connectivity index (χ4n) is 4.06. The summed E-state index contributed by atoms with van der Waals surface area (Å²) in [6.07, 6.45) is 3.05. The number of nitrogens with zero attached hydrogens (tertiary/aromatic N) is 3. The number of carbonyl (C=O) groups excluding carboxylic acids is 1. The Labute approximate surface area is 173 Å². The number of hydrogen-bond donors (Lipinski definition) is 1. The number of fused-ring (bicyclic) bond motifs is 1. The molecule has 3 heterocycles. The standard InChI is InChI=1S/C20H23FN4O4S/c1-30(28,29)25-10-8-17-16(12-25)19(26)23-18(22-17)14-3-2-9-24(11-14)20(27)13-4-6-15(21)7-5-13/h4-7,14H,2-3,8-12H2,1H3,(H,22,23,26)/t14-/m1/s1. The summed E-state index contributed by atoms with van der Waals surface area (Å²) in [5.41, 5.74) is 1.09. The number of nitrogens with one attached hydrogen (secondary N) is 1. The van der Waals surface area contributed by atoms with Crippen LogP contribution in [0.5, 0.6) is 0 Å². The predicted molar refractivity (Wildman–Crippen MR) is 108 cm³/mol. The van der Waals surface area contributed by atoms with Gasteiger partial charge in [0.15, 0.2) is 0 Å². The highest BCUT2D eigenvalue weighted by Gasteiger charge is 2.30. The molecule has 30 heavy (non-hydrogen) atoms. The SMILES string of the molecule is CS(=O)(=O)N1CCc2nc([C@@H]3CCCN(C(=O)c4ccc(F)cc4)C3)[nH]c(=O)c2C1. The van der Waals surface area contributed by atoms with Crippen molar-refractivity contribution in [3.63, 3.8) is 0 Å². The van der Waals surface area contributed by atoms with Crippen LogP contribution in [0.2, 0.25) is 0 Å². The molecule has 1 aromatic carbocycles. The third kappa shape index (κ3) is 4.15. The molecule has 160 valence electrons. The number of carbonyl (C=O) groups is 1. The van der Waals surface area contributed by atoms with Gasteiger partial charge in [0.05, 0.1) is 17.5 Å². The fourth-order valence-corrected chi connectivity index (χ4v) is 4.84. The quantitative estimate of drug-likeness (QED) is 0.783. The third-order valence-corrected chi connectivity index (χ3v) is 6.96. The van der Waals surface area contributed by atoms with Crippen molar-refractivity contribution in [1.29, 1.82) is 0 Å². The van der Waals surface area contributed by atoms with E-state index in [1.165, 1.54) is 28.6 Å². The van der Waals surface area contributed by atoms with Crippen LogP contribution in [0.25, 0.3) is 0 Å². The van der Waals surface area contributed by atoms with Crippen LogP contribution in [0.1, 0.15) is 46.2 Å². The zero-order valence-electron chi connectivity index (χ0n) is 16.6. The molecule has 4 rings (SSSR count). The minimum absolute atomic E-state index is 0.0244. The van der Waals surface area contributed by atoms with Gasteiger partial charge in [0.2, 0.25) is 10.0 Å². The van der Waals surface area contributed by atoms with Crippen molar-refractivity contribution in [2.75, 3.05) is 25.9 Å². The second-order valence-corrected chi connectivity index (χ2v) is 9.80. The minimum Gasteiger partial charge on any atom is -0.338 e. The molecular formula is C20H23FN4O4S. The van der Waals surface area contributed by atoms with Crippen molar-refractivity contribution in [2.24, 2.45) is 0 Å². The summed E-state index contributed by atoms with van der Waals surface area (Å²) in [6, 6.07) is 5.45. The van der Waals surface area contributed by atoms with Gasteiger partial charge in [-0.05, 0) is 37.1 Å². The molecule has 1 amide bonds. The number of H-pyrrole nitrogens is 1. The molecular weight excluding hydrogens is 411 g/mol. The van der Waals surface area contributed by atoms with Gasteiger partial charge >= 0.3 is 0 Å². The summed E-state index contributed by atoms with van der Waals surface area (Å²) >= 11 is 0. The Morgan fingerprint density at radius 2 is 1.97 bits per heavy atom. The Kier molecular flexibility index (Phi) is 5.46. The summed E-state index contributed by atoms with van der Waals surface area (Å²) < 4.78 is 38.0. The number of benzene rings is 1. The molecule has 1 aromatic heterocycles. The largest absolute Gasteiger partial charge is 0.338 e. The van der Waals surface area contributed by atoms with E-state index >= 15 is 0 Å². The number of likely N-dealkylation sites (tertiary alicyclic amines) is 1. The number of amides is 1. The summed E-state index contributed by atoms with van der Waals surface area (Å²) in [4.78, 5) is 34.5. The Morgan fingerprint density at radius 3 is 2.67 bits per heavy atom. The number of aromatic nitrogens is 2. The molecule has 2 aliphatic heterocycles. The van der Waals surface area contributed by atoms with E-state index < -0.39 is 15.8 Å². The number of sulfonamides is 1. The van der Waals surface area contributed by atoms with Gasteiger partial charge in [-0.3, -0.25) is 9.59 Å². The first-order valence-corrected chi connectivity index (χ1v) is 11.7. The Morgan fingerprint density at radius 1 is 1.23 bits per heavy atom. The molecule has 2 aromatic rings. The average Bonchev–Trinajstić information content (AvgIpc) is 2.73. The topological polar surface area (TPSA) is 103 Å². The monoisotopic (exact) mass is 434 g/mol. The van der Waals surface area contributed by atoms with Crippen LogP contribution in [-0.4, -0.2) is 59.4 Å². The van der Waals surface area contributed by atoms with Gasteiger partial charge in [-0.2, -0.15) is 4.31 Å². The van der Waals surface area contributed by atoms with Crippen LogP contribution >= 0.6 is 0 Å². The zero-order valence-corrected chi connectivity index (χ0v) is 17.4.